The molecule has 0 heterocycles. The molecule has 1 aromatic carbocycles. The van der Waals surface area contributed by atoms with Crippen LogP contribution in [-0.2, 0) is 10.0 Å². The van der Waals surface area contributed by atoms with Crippen LogP contribution in [0.5, 0.6) is 0 Å². The van der Waals surface area contributed by atoms with Crippen LogP contribution in [0.1, 0.15) is 19.3 Å². The second-order valence-electron chi connectivity index (χ2n) is 4.60. The summed E-state index contributed by atoms with van der Waals surface area (Å²) >= 11 is 0. The van der Waals surface area contributed by atoms with Gasteiger partial charge in [0.15, 0.2) is 0 Å². The SMILES string of the molecule is CNS(=O)(=O)c1ccc(N[C@H]2CCC[C@H]2O)c(F)c1. The summed E-state index contributed by atoms with van der Waals surface area (Å²) in [5, 5.41) is 12.6. The van der Waals surface area contributed by atoms with Crippen molar-refractivity contribution in [1.29, 1.82) is 0 Å². The van der Waals surface area contributed by atoms with Gasteiger partial charge in [-0.05, 0) is 44.5 Å². The van der Waals surface area contributed by atoms with Crippen molar-refractivity contribution in [3.05, 3.63) is 24.0 Å². The molecule has 0 saturated heterocycles. The van der Waals surface area contributed by atoms with Crippen LogP contribution < -0.4 is 10.0 Å². The van der Waals surface area contributed by atoms with Gasteiger partial charge in [-0.25, -0.2) is 17.5 Å². The monoisotopic (exact) mass is 288 g/mol. The molecule has 0 aliphatic heterocycles. The van der Waals surface area contributed by atoms with Gasteiger partial charge in [-0.1, -0.05) is 0 Å². The lowest BCUT2D eigenvalue weighted by molar-refractivity contribution is 0.171. The van der Waals surface area contributed by atoms with E-state index in [2.05, 4.69) is 10.0 Å². The molecule has 1 aromatic rings. The minimum atomic E-state index is -3.64. The molecule has 0 bridgehead atoms. The number of hydrogen-bond donors (Lipinski definition) is 3. The van der Waals surface area contributed by atoms with Gasteiger partial charge < -0.3 is 10.4 Å². The minimum Gasteiger partial charge on any atom is -0.391 e. The van der Waals surface area contributed by atoms with E-state index in [1.807, 2.05) is 0 Å². The Balaban J connectivity index is 2.20. The van der Waals surface area contributed by atoms with Crippen LogP contribution in [0.4, 0.5) is 10.1 Å². The molecular weight excluding hydrogens is 271 g/mol. The molecule has 106 valence electrons. The standard InChI is InChI=1S/C12H17FN2O3S/c1-14-19(17,18)8-5-6-10(9(13)7-8)15-11-3-2-4-12(11)16/h5-7,11-12,14-16H,2-4H2,1H3/t11-,12+/m0/s1. The molecular formula is C12H17FN2O3S. The predicted molar refractivity (Wildman–Crippen MR) is 69.9 cm³/mol. The summed E-state index contributed by atoms with van der Waals surface area (Å²) in [5.74, 6) is -0.643. The fourth-order valence-electron chi connectivity index (χ4n) is 2.21. The fraction of sp³-hybridized carbons (Fsp3) is 0.500. The van der Waals surface area contributed by atoms with Crippen molar-refractivity contribution in [3.63, 3.8) is 0 Å². The Kier molecular flexibility index (Phi) is 4.07. The smallest absolute Gasteiger partial charge is 0.240 e. The maximum atomic E-state index is 13.9. The zero-order chi connectivity index (χ0) is 14.0. The first-order valence-corrected chi connectivity index (χ1v) is 7.60. The lowest BCUT2D eigenvalue weighted by atomic mass is 10.2. The molecule has 0 aromatic heterocycles. The number of aliphatic hydroxyl groups is 1. The third kappa shape index (κ3) is 3.05. The van der Waals surface area contributed by atoms with Crippen molar-refractivity contribution in [2.45, 2.75) is 36.3 Å². The van der Waals surface area contributed by atoms with Crippen molar-refractivity contribution < 1.29 is 17.9 Å². The van der Waals surface area contributed by atoms with Gasteiger partial charge in [-0.3, -0.25) is 0 Å². The van der Waals surface area contributed by atoms with E-state index in [1.54, 1.807) is 0 Å². The van der Waals surface area contributed by atoms with Crippen molar-refractivity contribution in [3.8, 4) is 0 Å². The first kappa shape index (κ1) is 14.2. The highest BCUT2D eigenvalue weighted by molar-refractivity contribution is 7.89. The number of hydrogen-bond acceptors (Lipinski definition) is 4. The summed E-state index contributed by atoms with van der Waals surface area (Å²) in [4.78, 5) is -0.120. The Bertz CT molecular complexity index is 562. The fourth-order valence-corrected chi connectivity index (χ4v) is 2.95. The van der Waals surface area contributed by atoms with E-state index in [4.69, 9.17) is 0 Å². The van der Waals surface area contributed by atoms with E-state index in [0.717, 1.165) is 18.9 Å². The Morgan fingerprint density at radius 2 is 2.11 bits per heavy atom. The first-order valence-electron chi connectivity index (χ1n) is 6.12. The van der Waals surface area contributed by atoms with Crippen molar-refractivity contribution in [2.24, 2.45) is 0 Å². The molecule has 1 fully saturated rings. The highest BCUT2D eigenvalue weighted by Crippen LogP contribution is 2.25. The summed E-state index contributed by atoms with van der Waals surface area (Å²) in [5.41, 5.74) is 0.209. The number of benzene rings is 1. The minimum absolute atomic E-state index is 0.120. The van der Waals surface area contributed by atoms with Crippen LogP contribution in [-0.4, -0.2) is 32.7 Å². The van der Waals surface area contributed by atoms with Crippen LogP contribution in [0.2, 0.25) is 0 Å². The van der Waals surface area contributed by atoms with Gasteiger partial charge in [0.1, 0.15) is 5.82 Å². The average molecular weight is 288 g/mol. The lowest BCUT2D eigenvalue weighted by Crippen LogP contribution is -2.28. The quantitative estimate of drug-likeness (QED) is 0.774. The van der Waals surface area contributed by atoms with Crippen LogP contribution in [0.15, 0.2) is 23.1 Å². The second-order valence-corrected chi connectivity index (χ2v) is 6.48. The Hall–Kier alpha value is -1.18. The van der Waals surface area contributed by atoms with E-state index in [0.29, 0.717) is 6.42 Å². The summed E-state index contributed by atoms with van der Waals surface area (Å²) in [6.45, 7) is 0. The van der Waals surface area contributed by atoms with Gasteiger partial charge in [0.05, 0.1) is 22.7 Å². The number of rotatable bonds is 4. The zero-order valence-electron chi connectivity index (χ0n) is 10.6. The number of anilines is 1. The van der Waals surface area contributed by atoms with Gasteiger partial charge in [0, 0.05) is 0 Å². The van der Waals surface area contributed by atoms with Crippen LogP contribution in [0, 0.1) is 5.82 Å². The molecule has 3 N–H and O–H groups in total. The van der Waals surface area contributed by atoms with Crippen LogP contribution in [0.25, 0.3) is 0 Å². The highest BCUT2D eigenvalue weighted by atomic mass is 32.2. The molecule has 5 nitrogen and oxygen atoms in total. The van der Waals surface area contributed by atoms with E-state index in [9.17, 15) is 17.9 Å². The molecule has 1 aliphatic carbocycles. The maximum absolute atomic E-state index is 13.9. The van der Waals surface area contributed by atoms with Gasteiger partial charge in [0.25, 0.3) is 0 Å². The molecule has 0 amide bonds. The van der Waals surface area contributed by atoms with Gasteiger partial charge in [-0.2, -0.15) is 0 Å². The predicted octanol–water partition coefficient (Wildman–Crippen LogP) is 1.06. The Morgan fingerprint density at radius 1 is 1.37 bits per heavy atom. The van der Waals surface area contributed by atoms with Gasteiger partial charge in [0.2, 0.25) is 10.0 Å². The number of nitrogens with one attached hydrogen (secondary N) is 2. The summed E-state index contributed by atoms with van der Waals surface area (Å²) < 4.78 is 39.0. The van der Waals surface area contributed by atoms with Crippen LogP contribution >= 0.6 is 0 Å². The average Bonchev–Trinajstić information content (AvgIpc) is 2.77. The van der Waals surface area contributed by atoms with Gasteiger partial charge in [-0.15, -0.1) is 0 Å². The maximum Gasteiger partial charge on any atom is 0.240 e. The molecule has 1 saturated carbocycles. The molecule has 1 aliphatic rings. The van der Waals surface area contributed by atoms with E-state index in [-0.39, 0.29) is 16.6 Å². The Labute approximate surface area is 111 Å². The highest BCUT2D eigenvalue weighted by Gasteiger charge is 2.26. The van der Waals surface area contributed by atoms with Crippen molar-refractivity contribution in [1.82, 2.24) is 4.72 Å². The van der Waals surface area contributed by atoms with E-state index in [1.165, 1.54) is 19.2 Å². The third-order valence-electron chi connectivity index (χ3n) is 3.34. The summed E-state index contributed by atoms with van der Waals surface area (Å²) in [6, 6.07) is 3.50. The number of halogens is 1. The van der Waals surface area contributed by atoms with Crippen molar-refractivity contribution >= 4 is 15.7 Å². The second kappa shape index (κ2) is 5.44. The molecule has 0 spiro atoms. The Morgan fingerprint density at radius 3 is 2.63 bits per heavy atom. The first-order chi connectivity index (χ1) is 8.94. The van der Waals surface area contributed by atoms with Gasteiger partial charge >= 0.3 is 0 Å². The topological polar surface area (TPSA) is 78.4 Å². The molecule has 2 atom stereocenters. The molecule has 0 unspecified atom stereocenters. The molecule has 2 rings (SSSR count). The molecule has 0 radical (unpaired) electrons. The summed E-state index contributed by atoms with van der Waals surface area (Å²) in [7, 11) is -2.37. The summed E-state index contributed by atoms with van der Waals surface area (Å²) in [6.07, 6.45) is 1.88. The normalized spacial score (nSPS) is 23.5. The largest absolute Gasteiger partial charge is 0.391 e. The van der Waals surface area contributed by atoms with E-state index >= 15 is 0 Å². The van der Waals surface area contributed by atoms with E-state index < -0.39 is 21.9 Å². The number of sulfonamides is 1. The zero-order valence-corrected chi connectivity index (χ0v) is 11.4. The molecule has 19 heavy (non-hydrogen) atoms. The lowest BCUT2D eigenvalue weighted by Gasteiger charge is -2.18. The molecule has 7 heteroatoms. The van der Waals surface area contributed by atoms with Crippen molar-refractivity contribution in [2.75, 3.05) is 12.4 Å². The third-order valence-corrected chi connectivity index (χ3v) is 4.75. The van der Waals surface area contributed by atoms with Crippen LogP contribution in [0.3, 0.4) is 0 Å². The number of aliphatic hydroxyl groups excluding tert-OH is 1.